The minimum absolute atomic E-state index is 0.0838. The summed E-state index contributed by atoms with van der Waals surface area (Å²) >= 11 is 0. The van der Waals surface area contributed by atoms with Gasteiger partial charge in [0.1, 0.15) is 0 Å². The number of halogens is 6. The Kier molecular flexibility index (Phi) is 4.27. The molecule has 0 atom stereocenters. The normalized spacial score (nSPS) is 15.2. The van der Waals surface area contributed by atoms with Crippen LogP contribution in [0, 0.1) is 5.92 Å². The number of nitrogens with one attached hydrogen (secondary N) is 2. The maximum Gasteiger partial charge on any atom is 0.416 e. The average molecular weight is 340 g/mol. The van der Waals surface area contributed by atoms with Crippen molar-refractivity contribution in [2.75, 3.05) is 0 Å². The molecule has 0 radical (unpaired) electrons. The van der Waals surface area contributed by atoms with E-state index in [0.717, 1.165) is 0 Å². The van der Waals surface area contributed by atoms with Gasteiger partial charge in [-0.3, -0.25) is 20.4 Å². The minimum Gasteiger partial charge on any atom is -0.273 e. The highest BCUT2D eigenvalue weighted by atomic mass is 19.4. The fourth-order valence-electron chi connectivity index (χ4n) is 1.72. The van der Waals surface area contributed by atoms with Crippen molar-refractivity contribution in [1.82, 2.24) is 10.9 Å². The predicted octanol–water partition coefficient (Wildman–Crippen LogP) is 2.90. The van der Waals surface area contributed by atoms with E-state index in [-0.39, 0.29) is 24.1 Å². The van der Waals surface area contributed by atoms with Crippen molar-refractivity contribution in [2.24, 2.45) is 5.92 Å². The number of hydrogen-bond donors (Lipinski definition) is 2. The first-order valence-corrected chi connectivity index (χ1v) is 6.38. The van der Waals surface area contributed by atoms with E-state index in [1.54, 1.807) is 5.43 Å². The summed E-state index contributed by atoms with van der Waals surface area (Å²) in [7, 11) is 0. The van der Waals surface area contributed by atoms with E-state index in [0.29, 0.717) is 12.8 Å². The molecule has 4 nitrogen and oxygen atoms in total. The van der Waals surface area contributed by atoms with Gasteiger partial charge < -0.3 is 0 Å². The summed E-state index contributed by atoms with van der Waals surface area (Å²) in [4.78, 5) is 23.0. The lowest BCUT2D eigenvalue weighted by Gasteiger charge is -2.14. The van der Waals surface area contributed by atoms with Crippen LogP contribution < -0.4 is 10.9 Å². The Morgan fingerprint density at radius 3 is 1.74 bits per heavy atom. The summed E-state index contributed by atoms with van der Waals surface area (Å²) in [5.74, 6) is -2.10. The maximum atomic E-state index is 12.7. The first kappa shape index (κ1) is 17.1. The third-order valence-electron chi connectivity index (χ3n) is 3.10. The van der Waals surface area contributed by atoms with Gasteiger partial charge in [0.2, 0.25) is 5.91 Å². The molecule has 1 fully saturated rings. The van der Waals surface area contributed by atoms with Gasteiger partial charge in [0.15, 0.2) is 0 Å². The molecule has 0 aliphatic heterocycles. The van der Waals surface area contributed by atoms with Crippen molar-refractivity contribution in [3.8, 4) is 0 Å². The highest BCUT2D eigenvalue weighted by Crippen LogP contribution is 2.36. The molecule has 2 amide bonds. The molecular weight excluding hydrogens is 330 g/mol. The minimum atomic E-state index is -5.05. The van der Waals surface area contributed by atoms with Crippen LogP contribution in [-0.2, 0) is 17.1 Å². The predicted molar refractivity (Wildman–Crippen MR) is 64.8 cm³/mol. The Labute approximate surface area is 125 Å². The average Bonchev–Trinajstić information content (AvgIpc) is 3.26. The van der Waals surface area contributed by atoms with E-state index in [4.69, 9.17) is 0 Å². The van der Waals surface area contributed by atoms with E-state index >= 15 is 0 Å². The van der Waals surface area contributed by atoms with Crippen molar-refractivity contribution in [3.63, 3.8) is 0 Å². The second-order valence-electron chi connectivity index (χ2n) is 5.01. The fraction of sp³-hybridized carbons (Fsp3) is 0.385. The Morgan fingerprint density at radius 2 is 1.35 bits per heavy atom. The zero-order valence-corrected chi connectivity index (χ0v) is 11.3. The van der Waals surface area contributed by atoms with Gasteiger partial charge in [-0.2, -0.15) is 26.3 Å². The first-order valence-electron chi connectivity index (χ1n) is 6.38. The number of hydrazine groups is 1. The smallest absolute Gasteiger partial charge is 0.273 e. The molecule has 126 valence electrons. The first-order chi connectivity index (χ1) is 10.5. The number of carbonyl (C=O) groups is 2. The number of carbonyl (C=O) groups excluding carboxylic acids is 2. The molecule has 0 aromatic heterocycles. The van der Waals surface area contributed by atoms with Gasteiger partial charge in [0.05, 0.1) is 11.1 Å². The molecule has 1 aromatic carbocycles. The lowest BCUT2D eigenvalue weighted by molar-refractivity contribution is -0.143. The molecule has 1 saturated carbocycles. The zero-order valence-electron chi connectivity index (χ0n) is 11.3. The molecule has 23 heavy (non-hydrogen) atoms. The van der Waals surface area contributed by atoms with Crippen LogP contribution in [0.25, 0.3) is 0 Å². The maximum absolute atomic E-state index is 12.7. The molecule has 2 rings (SSSR count). The standard InChI is InChI=1S/C13H10F6N2O2/c14-12(15,16)8-3-7(4-9(5-8)13(17,18)19)11(23)21-20-10(22)6-1-2-6/h3-6H,1-2H2,(H,20,22)(H,21,23). The van der Waals surface area contributed by atoms with E-state index in [2.05, 4.69) is 0 Å². The monoisotopic (exact) mass is 340 g/mol. The number of amides is 2. The number of rotatable bonds is 2. The summed E-state index contributed by atoms with van der Waals surface area (Å²) in [6.45, 7) is 0. The van der Waals surface area contributed by atoms with Crippen LogP contribution in [-0.4, -0.2) is 11.8 Å². The van der Waals surface area contributed by atoms with Crippen LogP contribution in [0.4, 0.5) is 26.3 Å². The molecule has 2 N–H and O–H groups in total. The van der Waals surface area contributed by atoms with Crippen molar-refractivity contribution < 1.29 is 35.9 Å². The van der Waals surface area contributed by atoms with Crippen molar-refractivity contribution in [1.29, 1.82) is 0 Å². The van der Waals surface area contributed by atoms with Crippen LogP contribution in [0.15, 0.2) is 18.2 Å². The zero-order chi connectivity index (χ0) is 17.4. The van der Waals surface area contributed by atoms with Crippen LogP contribution in [0.5, 0.6) is 0 Å². The highest BCUT2D eigenvalue weighted by molar-refractivity contribution is 5.96. The quantitative estimate of drug-likeness (QED) is 0.642. The topological polar surface area (TPSA) is 58.2 Å². The number of benzene rings is 1. The molecule has 0 bridgehead atoms. The Morgan fingerprint density at radius 1 is 0.870 bits per heavy atom. The lowest BCUT2D eigenvalue weighted by Crippen LogP contribution is -2.42. The SMILES string of the molecule is O=C(NNC(=O)C1CC1)c1cc(C(F)(F)F)cc(C(F)(F)F)c1. The number of alkyl halides is 6. The summed E-state index contributed by atoms with van der Waals surface area (Å²) in [5.41, 5.74) is -0.307. The van der Waals surface area contributed by atoms with Crippen LogP contribution in [0.2, 0.25) is 0 Å². The van der Waals surface area contributed by atoms with Crippen molar-refractivity contribution in [2.45, 2.75) is 25.2 Å². The molecular formula is C13H10F6N2O2. The van der Waals surface area contributed by atoms with Gasteiger partial charge in [-0.05, 0) is 31.0 Å². The molecule has 0 heterocycles. The van der Waals surface area contributed by atoms with Gasteiger partial charge in [0, 0.05) is 11.5 Å². The molecule has 0 saturated heterocycles. The Balaban J connectivity index is 2.25. The molecule has 1 aromatic rings. The molecule has 10 heteroatoms. The third kappa shape index (κ3) is 4.36. The van der Waals surface area contributed by atoms with Gasteiger partial charge in [0.25, 0.3) is 5.91 Å². The van der Waals surface area contributed by atoms with E-state index < -0.39 is 40.9 Å². The molecule has 1 aliphatic carbocycles. The van der Waals surface area contributed by atoms with Gasteiger partial charge in [-0.1, -0.05) is 0 Å². The Hall–Kier alpha value is -2.26. The van der Waals surface area contributed by atoms with Crippen molar-refractivity contribution in [3.05, 3.63) is 34.9 Å². The number of hydrogen-bond acceptors (Lipinski definition) is 2. The summed E-state index contributed by atoms with van der Waals surface area (Å²) in [5, 5.41) is 0. The summed E-state index contributed by atoms with van der Waals surface area (Å²) in [6.07, 6.45) is -8.87. The molecule has 0 unspecified atom stereocenters. The van der Waals surface area contributed by atoms with E-state index in [1.165, 1.54) is 0 Å². The van der Waals surface area contributed by atoms with Gasteiger partial charge >= 0.3 is 12.4 Å². The molecule has 1 aliphatic rings. The fourth-order valence-corrected chi connectivity index (χ4v) is 1.72. The second kappa shape index (κ2) is 5.74. The molecule has 0 spiro atoms. The largest absolute Gasteiger partial charge is 0.416 e. The highest BCUT2D eigenvalue weighted by Gasteiger charge is 2.37. The van der Waals surface area contributed by atoms with Gasteiger partial charge in [-0.25, -0.2) is 0 Å². The van der Waals surface area contributed by atoms with Crippen LogP contribution in [0.1, 0.15) is 34.3 Å². The van der Waals surface area contributed by atoms with E-state index in [9.17, 15) is 35.9 Å². The van der Waals surface area contributed by atoms with E-state index in [1.807, 2.05) is 5.43 Å². The van der Waals surface area contributed by atoms with Crippen LogP contribution >= 0.6 is 0 Å². The second-order valence-corrected chi connectivity index (χ2v) is 5.01. The Bertz CT molecular complexity index is 602. The lowest BCUT2D eigenvalue weighted by atomic mass is 10.0. The third-order valence-corrected chi connectivity index (χ3v) is 3.10. The van der Waals surface area contributed by atoms with Crippen LogP contribution in [0.3, 0.4) is 0 Å². The summed E-state index contributed by atoms with van der Waals surface area (Å²) in [6, 6.07) is 0.487. The summed E-state index contributed by atoms with van der Waals surface area (Å²) < 4.78 is 76.0. The van der Waals surface area contributed by atoms with Crippen molar-refractivity contribution >= 4 is 11.8 Å². The van der Waals surface area contributed by atoms with Gasteiger partial charge in [-0.15, -0.1) is 0 Å².